The Labute approximate surface area is 507 Å². The lowest BCUT2D eigenvalue weighted by Crippen LogP contribution is -2.54. The molecular formula is C63H84N6O18. The van der Waals surface area contributed by atoms with Crippen molar-refractivity contribution in [2.24, 2.45) is 35.5 Å². The van der Waals surface area contributed by atoms with Gasteiger partial charge in [-0.3, -0.25) is 28.8 Å². The number of ether oxygens (including phenoxy) is 6. The van der Waals surface area contributed by atoms with Crippen molar-refractivity contribution < 1.29 is 86.0 Å². The van der Waals surface area contributed by atoms with Crippen LogP contribution >= 0.6 is 0 Å². The number of nitrogens with one attached hydrogen (secondary N) is 6. The van der Waals surface area contributed by atoms with Gasteiger partial charge in [-0.05, 0) is 56.3 Å². The lowest BCUT2D eigenvalue weighted by atomic mass is 10.0. The predicted molar refractivity (Wildman–Crippen MR) is 313 cm³/mol. The van der Waals surface area contributed by atoms with Gasteiger partial charge < -0.3 is 60.3 Å². The molecule has 12 atom stereocenters. The summed E-state index contributed by atoms with van der Waals surface area (Å²) in [5, 5.41) is 15.3. The summed E-state index contributed by atoms with van der Waals surface area (Å²) in [5.41, 5.74) is 0.473. The van der Waals surface area contributed by atoms with Gasteiger partial charge in [-0.1, -0.05) is 174 Å². The molecule has 0 radical (unpaired) electrons. The highest BCUT2D eigenvalue weighted by atomic mass is 16.6. The van der Waals surface area contributed by atoms with Crippen LogP contribution in [-0.2, 0) is 86.0 Å². The number of cyclic esters (lactones) is 6. The molecule has 0 bridgehead atoms. The van der Waals surface area contributed by atoms with Crippen molar-refractivity contribution in [2.45, 2.75) is 177 Å². The third-order valence-corrected chi connectivity index (χ3v) is 14.0. The molecule has 1 fully saturated rings. The predicted octanol–water partition coefficient (Wildman–Crippen LogP) is 4.49. The number of rotatable bonds is 9. The summed E-state index contributed by atoms with van der Waals surface area (Å²) in [6.07, 6.45) is -10.0. The van der Waals surface area contributed by atoms with E-state index < -0.39 is 180 Å². The topological polar surface area (TPSA) is 332 Å². The molecule has 1 saturated heterocycles. The second kappa shape index (κ2) is 32.7. The van der Waals surface area contributed by atoms with Gasteiger partial charge in [0.1, 0.15) is 36.3 Å². The van der Waals surface area contributed by atoms with E-state index in [1.165, 1.54) is 57.2 Å². The minimum absolute atomic E-state index is 0.158. The molecule has 1 aliphatic heterocycles. The standard InChI is InChI=1S/C63H84N6O18/c1-31(2)43-58(76)82-37(13)52(70)64-47(35(9)10)62(80)86-50(41-27-21-17-22-28-41)56(74)68-45(33(5)6)60(78)84-39(15)54(72)66-48(36(11)12)63(81)87-51(42-29-23-18-24-30-42)57(75)69-44(32(3)4)59(77)83-38(14)53(71)65-46(34(7)8)61(79)85-49(55(73)67-43)40-25-19-16-20-26-40/h16-39,43-51H,1-15H3,(H,64,70)(H,65,71)(H,66,72)(H,67,73)(H,68,74)(H,69,75)/t37-,38-,39-,43-,44-,45-,46+,47+,48+,49+,50+,51+/m0/s1. The minimum Gasteiger partial charge on any atom is -0.451 e. The molecule has 6 amide bonds. The number of esters is 6. The highest BCUT2D eigenvalue weighted by molar-refractivity contribution is 5.96. The van der Waals surface area contributed by atoms with Crippen LogP contribution in [0.3, 0.4) is 0 Å². The van der Waals surface area contributed by atoms with Gasteiger partial charge in [0.2, 0.25) is 18.3 Å². The van der Waals surface area contributed by atoms with Crippen LogP contribution in [-0.4, -0.2) is 126 Å². The van der Waals surface area contributed by atoms with Gasteiger partial charge in [0.15, 0.2) is 18.3 Å². The maximum atomic E-state index is 14.3. The summed E-state index contributed by atoms with van der Waals surface area (Å²) in [5.74, 6) is -16.7. The van der Waals surface area contributed by atoms with E-state index in [4.69, 9.17) is 28.4 Å². The van der Waals surface area contributed by atoms with Crippen LogP contribution in [0.4, 0.5) is 0 Å². The molecule has 0 aromatic heterocycles. The van der Waals surface area contributed by atoms with Crippen molar-refractivity contribution in [3.63, 3.8) is 0 Å². The molecule has 24 heteroatoms. The van der Waals surface area contributed by atoms with Crippen molar-refractivity contribution >= 4 is 71.3 Å². The Balaban J connectivity index is 1.79. The summed E-state index contributed by atoms with van der Waals surface area (Å²) < 4.78 is 34.2. The summed E-state index contributed by atoms with van der Waals surface area (Å²) in [6, 6.07) is 14.4. The molecular weight excluding hydrogens is 1130 g/mol. The first-order valence-electron chi connectivity index (χ1n) is 29.0. The lowest BCUT2D eigenvalue weighted by Gasteiger charge is -2.29. The average molecular weight is 1210 g/mol. The van der Waals surface area contributed by atoms with E-state index in [0.717, 1.165) is 0 Å². The second-order valence-electron chi connectivity index (χ2n) is 23.3. The van der Waals surface area contributed by atoms with Crippen LogP contribution in [0.25, 0.3) is 0 Å². The molecule has 3 aromatic carbocycles. The largest absolute Gasteiger partial charge is 0.451 e. The smallest absolute Gasteiger partial charge is 0.330 e. The van der Waals surface area contributed by atoms with Crippen molar-refractivity contribution in [2.75, 3.05) is 0 Å². The third-order valence-electron chi connectivity index (χ3n) is 14.0. The Bertz CT molecular complexity index is 2570. The van der Waals surface area contributed by atoms with E-state index in [2.05, 4.69) is 31.9 Å². The van der Waals surface area contributed by atoms with Gasteiger partial charge in [-0.15, -0.1) is 0 Å². The molecule has 4 rings (SSSR count). The number of hydrogen-bond donors (Lipinski definition) is 6. The zero-order valence-electron chi connectivity index (χ0n) is 51.9. The number of carbonyl (C=O) groups excluding carboxylic acids is 12. The summed E-state index contributed by atoms with van der Waals surface area (Å²) >= 11 is 0. The Kier molecular flexibility index (Phi) is 26.6. The molecule has 0 spiro atoms. The van der Waals surface area contributed by atoms with E-state index in [-0.39, 0.29) is 16.7 Å². The van der Waals surface area contributed by atoms with Crippen LogP contribution in [0, 0.1) is 35.5 Å². The van der Waals surface area contributed by atoms with Crippen molar-refractivity contribution in [1.29, 1.82) is 0 Å². The van der Waals surface area contributed by atoms with Crippen molar-refractivity contribution in [1.82, 2.24) is 31.9 Å². The Morgan fingerprint density at radius 1 is 0.253 bits per heavy atom. The van der Waals surface area contributed by atoms with E-state index in [9.17, 15) is 57.5 Å². The van der Waals surface area contributed by atoms with E-state index in [0.29, 0.717) is 0 Å². The average Bonchev–Trinajstić information content (AvgIpc) is 3.63. The third kappa shape index (κ3) is 20.2. The van der Waals surface area contributed by atoms with Gasteiger partial charge in [-0.2, -0.15) is 0 Å². The summed E-state index contributed by atoms with van der Waals surface area (Å²) in [4.78, 5) is 169. The highest BCUT2D eigenvalue weighted by Crippen LogP contribution is 2.25. The van der Waals surface area contributed by atoms with Crippen LogP contribution in [0.15, 0.2) is 91.0 Å². The van der Waals surface area contributed by atoms with Crippen molar-refractivity contribution in [3.8, 4) is 0 Å². The second-order valence-corrected chi connectivity index (χ2v) is 23.3. The Hall–Kier alpha value is -8.70. The molecule has 1 aliphatic rings. The number of carbonyl (C=O) groups is 12. The highest BCUT2D eigenvalue weighted by Gasteiger charge is 2.41. The zero-order valence-corrected chi connectivity index (χ0v) is 51.9. The molecule has 6 N–H and O–H groups in total. The van der Waals surface area contributed by atoms with Crippen LogP contribution in [0.1, 0.15) is 139 Å². The Morgan fingerprint density at radius 2 is 0.414 bits per heavy atom. The van der Waals surface area contributed by atoms with Gasteiger partial charge >= 0.3 is 35.8 Å². The van der Waals surface area contributed by atoms with E-state index in [1.54, 1.807) is 138 Å². The molecule has 0 saturated carbocycles. The maximum absolute atomic E-state index is 14.3. The van der Waals surface area contributed by atoms with E-state index in [1.807, 2.05) is 0 Å². The van der Waals surface area contributed by atoms with Crippen LogP contribution in [0.2, 0.25) is 0 Å². The molecule has 87 heavy (non-hydrogen) atoms. The van der Waals surface area contributed by atoms with Gasteiger partial charge in [0.25, 0.3) is 35.4 Å². The van der Waals surface area contributed by atoms with Crippen LogP contribution < -0.4 is 31.9 Å². The van der Waals surface area contributed by atoms with Gasteiger partial charge in [-0.25, -0.2) is 28.8 Å². The first-order chi connectivity index (χ1) is 40.8. The number of benzene rings is 3. The first kappa shape index (κ1) is 70.8. The lowest BCUT2D eigenvalue weighted by molar-refractivity contribution is -0.166. The fraction of sp³-hybridized carbons (Fsp3) is 0.524. The number of hydrogen-bond acceptors (Lipinski definition) is 18. The minimum atomic E-state index is -1.74. The fourth-order valence-electron chi connectivity index (χ4n) is 8.66. The SMILES string of the molecule is CC(C)[C@@H]1NC(=O)[C@@H](c2ccccc2)OC(=O)[C@@H](C(C)C)NC(=O)[C@H](C)OC(=O)[C@H](C(C)C)NC(=O)[C@@H](c2ccccc2)OC(=O)[C@@H](C(C)C)NC(=O)[C@H](C)OC(=O)[C@H](C(C)C)NC(=O)[C@@H](c2ccccc2)OC(=O)[C@@H](C(C)C)NC(=O)[C@H](C)OC1=O. The molecule has 474 valence electrons. The quantitative estimate of drug-likeness (QED) is 0.127. The molecule has 24 nitrogen and oxygen atoms in total. The summed E-state index contributed by atoms with van der Waals surface area (Å²) in [7, 11) is 0. The van der Waals surface area contributed by atoms with Gasteiger partial charge in [0, 0.05) is 16.7 Å². The molecule has 3 aromatic rings. The molecule has 0 aliphatic carbocycles. The van der Waals surface area contributed by atoms with Crippen LogP contribution in [0.5, 0.6) is 0 Å². The first-order valence-corrected chi connectivity index (χ1v) is 29.0. The van der Waals surface area contributed by atoms with Crippen molar-refractivity contribution in [3.05, 3.63) is 108 Å². The van der Waals surface area contributed by atoms with Gasteiger partial charge in [0.05, 0.1) is 0 Å². The van der Waals surface area contributed by atoms with E-state index >= 15 is 0 Å². The monoisotopic (exact) mass is 1210 g/mol. The Morgan fingerprint density at radius 3 is 0.586 bits per heavy atom. The fourth-order valence-corrected chi connectivity index (χ4v) is 8.66. The molecule has 0 unspecified atom stereocenters. The maximum Gasteiger partial charge on any atom is 0.330 e. The molecule has 1 heterocycles. The zero-order chi connectivity index (χ0) is 65.1. The normalized spacial score (nSPS) is 26.7. The number of amides is 6. The summed E-state index contributed by atoms with van der Waals surface area (Å²) in [6.45, 7) is 22.6.